The summed E-state index contributed by atoms with van der Waals surface area (Å²) in [4.78, 5) is 23.2. The molecule has 0 spiro atoms. The van der Waals surface area contributed by atoms with Crippen molar-refractivity contribution in [2.75, 3.05) is 24.9 Å². The molecule has 3 rings (SSSR count). The molecule has 0 aliphatic carbocycles. The molecular weight excluding hydrogens is 352 g/mol. The van der Waals surface area contributed by atoms with Gasteiger partial charge < -0.3 is 20.1 Å². The largest absolute Gasteiger partial charge is 0.497 e. The number of nitrogens with zero attached hydrogens (tertiary/aromatic N) is 4. The Labute approximate surface area is 154 Å². The van der Waals surface area contributed by atoms with Crippen LogP contribution in [0.4, 0.5) is 28.8 Å². The van der Waals surface area contributed by atoms with Gasteiger partial charge in [-0.25, -0.2) is 15.0 Å². The van der Waals surface area contributed by atoms with E-state index in [0.717, 1.165) is 0 Å². The van der Waals surface area contributed by atoms with Gasteiger partial charge in [-0.3, -0.25) is 10.1 Å². The van der Waals surface area contributed by atoms with Gasteiger partial charge in [0.25, 0.3) is 0 Å². The average molecular weight is 368 g/mol. The van der Waals surface area contributed by atoms with Crippen LogP contribution >= 0.6 is 0 Å². The molecule has 0 radical (unpaired) electrons. The Bertz CT molecular complexity index is 951. The third kappa shape index (κ3) is 4.00. The van der Waals surface area contributed by atoms with Crippen molar-refractivity contribution in [2.24, 2.45) is 0 Å². The Hall–Kier alpha value is -3.95. The minimum Gasteiger partial charge on any atom is -0.497 e. The molecule has 10 nitrogen and oxygen atoms in total. The number of methoxy groups -OCH3 is 2. The molecule has 0 saturated carbocycles. The monoisotopic (exact) mass is 368 g/mol. The van der Waals surface area contributed by atoms with Crippen LogP contribution in [0.25, 0.3) is 0 Å². The van der Waals surface area contributed by atoms with E-state index in [0.29, 0.717) is 23.0 Å². The molecule has 10 heteroatoms. The summed E-state index contributed by atoms with van der Waals surface area (Å²) in [6, 6.07) is 10.2. The van der Waals surface area contributed by atoms with Crippen molar-refractivity contribution in [3.63, 3.8) is 0 Å². The highest BCUT2D eigenvalue weighted by Crippen LogP contribution is 2.36. The molecule has 0 fully saturated rings. The van der Waals surface area contributed by atoms with Gasteiger partial charge in [-0.2, -0.15) is 0 Å². The standard InChI is InChI=1S/C17H16N6O4/c1-26-11-6-7-13(27-2)12(9-11)21-16-15(23(24)25)17(20-10-19-16)22-14-5-3-4-8-18-14/h3-10H,1-2H3,(H2,18,19,20,21,22). The molecule has 2 aromatic heterocycles. The lowest BCUT2D eigenvalue weighted by molar-refractivity contribution is -0.383. The van der Waals surface area contributed by atoms with E-state index < -0.39 is 4.92 Å². The summed E-state index contributed by atoms with van der Waals surface area (Å²) in [7, 11) is 3.02. The molecule has 0 aliphatic rings. The first-order valence-electron chi connectivity index (χ1n) is 7.79. The lowest BCUT2D eigenvalue weighted by Gasteiger charge is -2.13. The van der Waals surface area contributed by atoms with Gasteiger partial charge >= 0.3 is 5.69 Å². The molecular formula is C17H16N6O4. The number of pyridine rings is 1. The summed E-state index contributed by atoms with van der Waals surface area (Å²) >= 11 is 0. The molecule has 0 bridgehead atoms. The van der Waals surface area contributed by atoms with Crippen LogP contribution in [-0.4, -0.2) is 34.1 Å². The van der Waals surface area contributed by atoms with E-state index in [1.165, 1.54) is 20.5 Å². The molecule has 3 aromatic rings. The SMILES string of the molecule is COc1ccc(OC)c(Nc2ncnc(Nc3ccccn3)c2[N+](=O)[O-])c1. The summed E-state index contributed by atoms with van der Waals surface area (Å²) < 4.78 is 10.5. The molecule has 1 aromatic carbocycles. The number of nitrogens with one attached hydrogen (secondary N) is 2. The Morgan fingerprint density at radius 1 is 1.00 bits per heavy atom. The Morgan fingerprint density at radius 3 is 2.41 bits per heavy atom. The predicted molar refractivity (Wildman–Crippen MR) is 99.0 cm³/mol. The number of aromatic nitrogens is 3. The zero-order valence-electron chi connectivity index (χ0n) is 14.5. The van der Waals surface area contributed by atoms with Crippen molar-refractivity contribution in [1.82, 2.24) is 15.0 Å². The van der Waals surface area contributed by atoms with Crippen molar-refractivity contribution in [2.45, 2.75) is 0 Å². The van der Waals surface area contributed by atoms with Gasteiger partial charge in [0.05, 0.1) is 24.8 Å². The fourth-order valence-corrected chi connectivity index (χ4v) is 2.33. The maximum absolute atomic E-state index is 11.7. The number of rotatable bonds is 7. The van der Waals surface area contributed by atoms with Crippen molar-refractivity contribution >= 4 is 28.8 Å². The Morgan fingerprint density at radius 2 is 1.78 bits per heavy atom. The highest BCUT2D eigenvalue weighted by molar-refractivity contribution is 5.78. The maximum Gasteiger partial charge on any atom is 0.353 e. The van der Waals surface area contributed by atoms with Crippen LogP contribution in [0.15, 0.2) is 48.9 Å². The Balaban J connectivity index is 2.01. The second-order valence-electron chi connectivity index (χ2n) is 5.21. The van der Waals surface area contributed by atoms with Crippen LogP contribution in [0, 0.1) is 10.1 Å². The fourth-order valence-electron chi connectivity index (χ4n) is 2.33. The molecule has 0 unspecified atom stereocenters. The van der Waals surface area contributed by atoms with Gasteiger partial charge in [0.15, 0.2) is 0 Å². The first-order chi connectivity index (χ1) is 13.1. The lowest BCUT2D eigenvalue weighted by atomic mass is 10.2. The maximum atomic E-state index is 11.7. The minimum absolute atomic E-state index is 0.0000146. The molecule has 0 amide bonds. The van der Waals surface area contributed by atoms with Crippen LogP contribution in [-0.2, 0) is 0 Å². The van der Waals surface area contributed by atoms with Crippen LogP contribution in [0.3, 0.4) is 0 Å². The van der Waals surface area contributed by atoms with E-state index in [9.17, 15) is 10.1 Å². The van der Waals surface area contributed by atoms with Gasteiger partial charge in [-0.15, -0.1) is 0 Å². The van der Waals surface area contributed by atoms with Crippen LogP contribution in [0.2, 0.25) is 0 Å². The summed E-state index contributed by atoms with van der Waals surface area (Å²) in [6.07, 6.45) is 2.78. The van der Waals surface area contributed by atoms with Crippen LogP contribution in [0.5, 0.6) is 11.5 Å². The van der Waals surface area contributed by atoms with Crippen molar-refractivity contribution < 1.29 is 14.4 Å². The van der Waals surface area contributed by atoms with Gasteiger partial charge in [0.1, 0.15) is 23.6 Å². The summed E-state index contributed by atoms with van der Waals surface area (Å²) in [5.74, 6) is 1.46. The number of ether oxygens (including phenoxy) is 2. The summed E-state index contributed by atoms with van der Waals surface area (Å²) in [5.41, 5.74) is 0.135. The summed E-state index contributed by atoms with van der Waals surface area (Å²) in [6.45, 7) is 0. The van der Waals surface area contributed by atoms with Crippen molar-refractivity contribution in [3.8, 4) is 11.5 Å². The zero-order valence-corrected chi connectivity index (χ0v) is 14.5. The molecule has 0 saturated heterocycles. The van der Waals surface area contributed by atoms with Crippen LogP contribution < -0.4 is 20.1 Å². The van der Waals surface area contributed by atoms with E-state index in [2.05, 4.69) is 25.6 Å². The molecule has 0 aliphatic heterocycles. The van der Waals surface area contributed by atoms with E-state index in [4.69, 9.17) is 9.47 Å². The quantitative estimate of drug-likeness (QED) is 0.477. The minimum atomic E-state index is -0.569. The van der Waals surface area contributed by atoms with E-state index in [-0.39, 0.29) is 17.3 Å². The number of hydrogen-bond acceptors (Lipinski definition) is 9. The van der Waals surface area contributed by atoms with Crippen molar-refractivity contribution in [3.05, 3.63) is 59.0 Å². The molecule has 2 N–H and O–H groups in total. The number of nitro groups is 1. The van der Waals surface area contributed by atoms with E-state index in [1.54, 1.807) is 42.6 Å². The van der Waals surface area contributed by atoms with E-state index in [1.807, 2.05) is 0 Å². The van der Waals surface area contributed by atoms with Crippen LogP contribution in [0.1, 0.15) is 0 Å². The van der Waals surface area contributed by atoms with Gasteiger partial charge in [-0.05, 0) is 24.3 Å². The molecule has 2 heterocycles. The Kier molecular flexibility index (Phi) is 5.26. The first kappa shape index (κ1) is 17.9. The average Bonchev–Trinajstić information content (AvgIpc) is 2.68. The van der Waals surface area contributed by atoms with Crippen molar-refractivity contribution in [1.29, 1.82) is 0 Å². The van der Waals surface area contributed by atoms with Gasteiger partial charge in [0, 0.05) is 12.3 Å². The lowest BCUT2D eigenvalue weighted by Crippen LogP contribution is -2.06. The molecule has 0 atom stereocenters. The summed E-state index contributed by atoms with van der Waals surface area (Å²) in [5, 5.41) is 17.4. The third-order valence-electron chi connectivity index (χ3n) is 3.58. The smallest absolute Gasteiger partial charge is 0.353 e. The number of hydrogen-bond donors (Lipinski definition) is 2. The zero-order chi connectivity index (χ0) is 19.2. The topological polar surface area (TPSA) is 124 Å². The highest BCUT2D eigenvalue weighted by atomic mass is 16.6. The molecule has 138 valence electrons. The number of benzene rings is 1. The third-order valence-corrected chi connectivity index (χ3v) is 3.58. The highest BCUT2D eigenvalue weighted by Gasteiger charge is 2.24. The molecule has 27 heavy (non-hydrogen) atoms. The normalized spacial score (nSPS) is 10.1. The predicted octanol–water partition coefficient (Wildman–Crippen LogP) is 3.28. The second-order valence-corrected chi connectivity index (χ2v) is 5.21. The first-order valence-corrected chi connectivity index (χ1v) is 7.79. The second kappa shape index (κ2) is 7.95. The van der Waals surface area contributed by atoms with Gasteiger partial charge in [-0.1, -0.05) is 6.07 Å². The van der Waals surface area contributed by atoms with Gasteiger partial charge in [0.2, 0.25) is 11.6 Å². The van der Waals surface area contributed by atoms with E-state index >= 15 is 0 Å². The number of anilines is 4. The fraction of sp³-hybridized carbons (Fsp3) is 0.118.